The van der Waals surface area contributed by atoms with Crippen LogP contribution in [-0.4, -0.2) is 82.5 Å². The first-order valence-corrected chi connectivity index (χ1v) is 9.95. The number of aromatic nitrogens is 2. The van der Waals surface area contributed by atoms with Crippen LogP contribution in [0.15, 0.2) is 24.3 Å². The Labute approximate surface area is 159 Å². The number of piperazine rings is 1. The van der Waals surface area contributed by atoms with Gasteiger partial charge in [0.25, 0.3) is 5.91 Å². The Balaban J connectivity index is 1.32. The van der Waals surface area contributed by atoms with Crippen LogP contribution in [0, 0.1) is 0 Å². The fourth-order valence-electron chi connectivity index (χ4n) is 4.00. The second-order valence-corrected chi connectivity index (χ2v) is 7.48. The molecule has 2 aliphatic rings. The van der Waals surface area contributed by atoms with Gasteiger partial charge in [0.05, 0.1) is 12.1 Å². The number of hydrogen-bond acceptors (Lipinski definition) is 4. The van der Waals surface area contributed by atoms with Crippen LogP contribution < -0.4 is 0 Å². The highest BCUT2D eigenvalue weighted by Gasteiger charge is 2.27. The number of fused-ring (bicyclic) bond motifs is 1. The van der Waals surface area contributed by atoms with Gasteiger partial charge in [-0.25, -0.2) is 0 Å². The third-order valence-corrected chi connectivity index (χ3v) is 5.65. The maximum atomic E-state index is 12.8. The summed E-state index contributed by atoms with van der Waals surface area (Å²) in [6, 6.07) is 7.68. The van der Waals surface area contributed by atoms with E-state index < -0.39 is 0 Å². The maximum absolute atomic E-state index is 12.8. The van der Waals surface area contributed by atoms with E-state index in [1.54, 1.807) is 0 Å². The molecule has 4 rings (SSSR count). The Bertz CT molecular complexity index is 802. The zero-order valence-corrected chi connectivity index (χ0v) is 15.7. The van der Waals surface area contributed by atoms with Gasteiger partial charge in [-0.05, 0) is 18.9 Å². The number of aromatic amines is 1. The SMILES string of the molecule is O=C(CN1CCN(C(=O)c2n[nH]c3ccccc23)CC1)N1CCCCCC1. The average Bonchev–Trinajstić information content (AvgIpc) is 2.93. The molecular formula is C20H27N5O2. The molecule has 2 aromatic rings. The minimum Gasteiger partial charge on any atom is -0.342 e. The number of amides is 2. The molecule has 7 nitrogen and oxygen atoms in total. The Hall–Kier alpha value is -2.41. The number of H-pyrrole nitrogens is 1. The second kappa shape index (κ2) is 8.08. The summed E-state index contributed by atoms with van der Waals surface area (Å²) in [5, 5.41) is 8.01. The zero-order valence-electron chi connectivity index (χ0n) is 15.7. The van der Waals surface area contributed by atoms with Crippen LogP contribution in [0.2, 0.25) is 0 Å². The number of nitrogens with one attached hydrogen (secondary N) is 1. The molecular weight excluding hydrogens is 342 g/mol. The number of carbonyl (C=O) groups is 2. The topological polar surface area (TPSA) is 72.5 Å². The minimum absolute atomic E-state index is 0.0362. The molecule has 7 heteroatoms. The Morgan fingerprint density at radius 2 is 1.59 bits per heavy atom. The molecule has 144 valence electrons. The number of carbonyl (C=O) groups excluding carboxylic acids is 2. The molecule has 3 heterocycles. The van der Waals surface area contributed by atoms with Gasteiger partial charge in [-0.1, -0.05) is 31.0 Å². The molecule has 2 fully saturated rings. The van der Waals surface area contributed by atoms with Gasteiger partial charge in [0.2, 0.25) is 5.91 Å². The van der Waals surface area contributed by atoms with E-state index in [1.165, 1.54) is 12.8 Å². The van der Waals surface area contributed by atoms with Gasteiger partial charge < -0.3 is 9.80 Å². The molecule has 0 saturated carbocycles. The fraction of sp³-hybridized carbons (Fsp3) is 0.550. The van der Waals surface area contributed by atoms with Crippen molar-refractivity contribution in [3.05, 3.63) is 30.0 Å². The standard InChI is InChI=1S/C20H27N5O2/c26-18(24-9-5-1-2-6-10-24)15-23-11-13-25(14-12-23)20(27)19-16-7-3-4-8-17(16)21-22-19/h3-4,7-8H,1-2,5-6,9-15H2,(H,21,22). The quantitative estimate of drug-likeness (QED) is 0.894. The van der Waals surface area contributed by atoms with Crippen molar-refractivity contribution in [2.75, 3.05) is 45.8 Å². The van der Waals surface area contributed by atoms with E-state index in [4.69, 9.17) is 0 Å². The van der Waals surface area contributed by atoms with Gasteiger partial charge in [-0.2, -0.15) is 5.10 Å². The van der Waals surface area contributed by atoms with Crippen LogP contribution >= 0.6 is 0 Å². The van der Waals surface area contributed by atoms with E-state index in [0.29, 0.717) is 25.3 Å². The molecule has 0 unspecified atom stereocenters. The van der Waals surface area contributed by atoms with Gasteiger partial charge in [0.15, 0.2) is 5.69 Å². The first kappa shape index (κ1) is 18.0. The lowest BCUT2D eigenvalue weighted by atomic mass is 10.2. The van der Waals surface area contributed by atoms with Crippen LogP contribution in [0.3, 0.4) is 0 Å². The highest BCUT2D eigenvalue weighted by atomic mass is 16.2. The van der Waals surface area contributed by atoms with Gasteiger partial charge in [-0.15, -0.1) is 0 Å². The predicted molar refractivity (Wildman–Crippen MR) is 103 cm³/mol. The van der Waals surface area contributed by atoms with Crippen molar-refractivity contribution >= 4 is 22.7 Å². The van der Waals surface area contributed by atoms with Crippen LogP contribution in [-0.2, 0) is 4.79 Å². The predicted octanol–water partition coefficient (Wildman–Crippen LogP) is 1.72. The maximum Gasteiger partial charge on any atom is 0.275 e. The average molecular weight is 369 g/mol. The summed E-state index contributed by atoms with van der Waals surface area (Å²) < 4.78 is 0. The van der Waals surface area contributed by atoms with E-state index in [-0.39, 0.29) is 11.8 Å². The normalized spacial score (nSPS) is 19.3. The summed E-state index contributed by atoms with van der Waals surface area (Å²) in [5.74, 6) is 0.195. The number of benzene rings is 1. The van der Waals surface area contributed by atoms with Crippen LogP contribution in [0.4, 0.5) is 0 Å². The van der Waals surface area contributed by atoms with Crippen molar-refractivity contribution in [2.45, 2.75) is 25.7 Å². The number of likely N-dealkylation sites (tertiary alicyclic amines) is 1. The Kier molecular flexibility index (Phi) is 5.38. The van der Waals surface area contributed by atoms with Gasteiger partial charge in [-0.3, -0.25) is 19.6 Å². The summed E-state index contributed by atoms with van der Waals surface area (Å²) in [6.45, 7) is 4.97. The van der Waals surface area contributed by atoms with Crippen molar-refractivity contribution in [1.82, 2.24) is 24.9 Å². The lowest BCUT2D eigenvalue weighted by Gasteiger charge is -2.35. The molecule has 1 aromatic carbocycles. The van der Waals surface area contributed by atoms with E-state index in [0.717, 1.165) is 49.9 Å². The third kappa shape index (κ3) is 3.98. The highest BCUT2D eigenvalue weighted by Crippen LogP contribution is 2.18. The van der Waals surface area contributed by atoms with E-state index in [9.17, 15) is 9.59 Å². The molecule has 27 heavy (non-hydrogen) atoms. The number of rotatable bonds is 3. The zero-order chi connectivity index (χ0) is 18.6. The van der Waals surface area contributed by atoms with E-state index >= 15 is 0 Å². The van der Waals surface area contributed by atoms with Crippen molar-refractivity contribution in [2.24, 2.45) is 0 Å². The Morgan fingerprint density at radius 1 is 0.889 bits per heavy atom. The molecule has 0 atom stereocenters. The molecule has 1 N–H and O–H groups in total. The summed E-state index contributed by atoms with van der Waals surface area (Å²) in [7, 11) is 0. The molecule has 0 aliphatic carbocycles. The molecule has 0 bridgehead atoms. The molecule has 2 amide bonds. The van der Waals surface area contributed by atoms with Crippen molar-refractivity contribution < 1.29 is 9.59 Å². The number of nitrogens with zero attached hydrogens (tertiary/aromatic N) is 4. The minimum atomic E-state index is -0.0362. The van der Waals surface area contributed by atoms with Gasteiger partial charge in [0, 0.05) is 44.7 Å². The highest BCUT2D eigenvalue weighted by molar-refractivity contribution is 6.04. The summed E-state index contributed by atoms with van der Waals surface area (Å²) in [5.41, 5.74) is 1.36. The van der Waals surface area contributed by atoms with E-state index in [2.05, 4.69) is 15.1 Å². The Morgan fingerprint density at radius 3 is 2.33 bits per heavy atom. The van der Waals surface area contributed by atoms with Crippen LogP contribution in [0.1, 0.15) is 36.2 Å². The summed E-state index contributed by atoms with van der Waals surface area (Å²) in [4.78, 5) is 31.4. The van der Waals surface area contributed by atoms with Crippen LogP contribution in [0.5, 0.6) is 0 Å². The van der Waals surface area contributed by atoms with Crippen molar-refractivity contribution in [3.8, 4) is 0 Å². The number of para-hydroxylation sites is 1. The molecule has 2 aliphatic heterocycles. The second-order valence-electron chi connectivity index (χ2n) is 7.48. The molecule has 0 radical (unpaired) electrons. The lowest BCUT2D eigenvalue weighted by molar-refractivity contribution is -0.132. The first-order chi connectivity index (χ1) is 13.2. The molecule has 1 aromatic heterocycles. The fourth-order valence-corrected chi connectivity index (χ4v) is 4.00. The van der Waals surface area contributed by atoms with Crippen molar-refractivity contribution in [3.63, 3.8) is 0 Å². The van der Waals surface area contributed by atoms with Crippen LogP contribution in [0.25, 0.3) is 10.9 Å². The summed E-state index contributed by atoms with van der Waals surface area (Å²) in [6.07, 6.45) is 4.69. The van der Waals surface area contributed by atoms with Gasteiger partial charge in [0.1, 0.15) is 0 Å². The van der Waals surface area contributed by atoms with Gasteiger partial charge >= 0.3 is 0 Å². The molecule has 2 saturated heterocycles. The number of hydrogen-bond donors (Lipinski definition) is 1. The smallest absolute Gasteiger partial charge is 0.275 e. The third-order valence-electron chi connectivity index (χ3n) is 5.65. The summed E-state index contributed by atoms with van der Waals surface area (Å²) >= 11 is 0. The lowest BCUT2D eigenvalue weighted by Crippen LogP contribution is -2.51. The largest absolute Gasteiger partial charge is 0.342 e. The van der Waals surface area contributed by atoms with E-state index in [1.807, 2.05) is 34.1 Å². The van der Waals surface area contributed by atoms with Crippen molar-refractivity contribution in [1.29, 1.82) is 0 Å². The molecule has 0 spiro atoms. The monoisotopic (exact) mass is 369 g/mol. The first-order valence-electron chi connectivity index (χ1n) is 9.95.